The lowest BCUT2D eigenvalue weighted by atomic mass is 10.4. The Hall–Kier alpha value is -0.420. The molecule has 14 heavy (non-hydrogen) atoms. The third kappa shape index (κ3) is 3.06. The molecule has 0 amide bonds. The van der Waals surface area contributed by atoms with Gasteiger partial charge in [0, 0.05) is 30.0 Å². The van der Waals surface area contributed by atoms with E-state index in [9.17, 15) is 0 Å². The van der Waals surface area contributed by atoms with Crippen LogP contribution in [0.2, 0.25) is 0 Å². The molecule has 0 spiro atoms. The minimum atomic E-state index is 0.711. The van der Waals surface area contributed by atoms with Crippen LogP contribution in [-0.2, 0) is 0 Å². The summed E-state index contributed by atoms with van der Waals surface area (Å²) in [6.07, 6.45) is 3.85. The van der Waals surface area contributed by atoms with E-state index in [1.54, 1.807) is 6.20 Å². The SMILES string of the molecule is CSCCN(C)c1ncc(Br)cc1N. The normalized spacial score (nSPS) is 10.2. The average Bonchev–Trinajstić information content (AvgIpc) is 2.14. The summed E-state index contributed by atoms with van der Waals surface area (Å²) in [6.45, 7) is 0.958. The summed E-state index contributed by atoms with van der Waals surface area (Å²) in [5, 5.41) is 0. The lowest BCUT2D eigenvalue weighted by Gasteiger charge is -2.19. The Balaban J connectivity index is 2.74. The number of aromatic nitrogens is 1. The second-order valence-electron chi connectivity index (χ2n) is 2.98. The molecule has 1 aromatic heterocycles. The summed E-state index contributed by atoms with van der Waals surface area (Å²) in [6, 6.07) is 1.87. The molecule has 2 N–H and O–H groups in total. The maximum absolute atomic E-state index is 5.85. The van der Waals surface area contributed by atoms with Crippen LogP contribution in [0.1, 0.15) is 0 Å². The van der Waals surface area contributed by atoms with E-state index in [0.29, 0.717) is 5.69 Å². The standard InChI is InChI=1S/C9H14BrN3S/c1-13(3-4-14-2)9-8(11)5-7(10)6-12-9/h5-6H,3-4,11H2,1-2H3. The Morgan fingerprint density at radius 1 is 1.64 bits per heavy atom. The van der Waals surface area contributed by atoms with Crippen molar-refractivity contribution in [3.8, 4) is 0 Å². The van der Waals surface area contributed by atoms with Crippen molar-refractivity contribution in [1.82, 2.24) is 4.98 Å². The summed E-state index contributed by atoms with van der Waals surface area (Å²) >= 11 is 5.15. The Bertz CT molecular complexity index is 306. The first kappa shape index (κ1) is 11.7. The number of pyridine rings is 1. The largest absolute Gasteiger partial charge is 0.396 e. The smallest absolute Gasteiger partial charge is 0.151 e. The van der Waals surface area contributed by atoms with E-state index in [2.05, 4.69) is 32.1 Å². The molecule has 1 rings (SSSR count). The minimum absolute atomic E-state index is 0.711. The van der Waals surface area contributed by atoms with Gasteiger partial charge in [-0.1, -0.05) is 0 Å². The predicted molar refractivity (Wildman–Crippen MR) is 68.0 cm³/mol. The highest BCUT2D eigenvalue weighted by molar-refractivity contribution is 9.10. The highest BCUT2D eigenvalue weighted by atomic mass is 79.9. The molecule has 0 fully saturated rings. The monoisotopic (exact) mass is 275 g/mol. The Morgan fingerprint density at radius 2 is 2.36 bits per heavy atom. The Labute approximate surface area is 97.2 Å². The van der Waals surface area contributed by atoms with Gasteiger partial charge >= 0.3 is 0 Å². The lowest BCUT2D eigenvalue weighted by Crippen LogP contribution is -2.22. The van der Waals surface area contributed by atoms with Crippen LogP contribution in [-0.4, -0.2) is 30.6 Å². The fourth-order valence-corrected chi connectivity index (χ4v) is 1.91. The molecule has 0 radical (unpaired) electrons. The Kier molecular flexibility index (Phi) is 4.54. The molecule has 0 saturated carbocycles. The van der Waals surface area contributed by atoms with E-state index in [4.69, 9.17) is 5.73 Å². The van der Waals surface area contributed by atoms with Crippen molar-refractivity contribution in [1.29, 1.82) is 0 Å². The quantitative estimate of drug-likeness (QED) is 0.915. The summed E-state index contributed by atoms with van der Waals surface area (Å²) in [7, 11) is 2.00. The maximum Gasteiger partial charge on any atom is 0.151 e. The van der Waals surface area contributed by atoms with Gasteiger partial charge in [-0.2, -0.15) is 11.8 Å². The van der Waals surface area contributed by atoms with Crippen LogP contribution in [0, 0.1) is 0 Å². The van der Waals surface area contributed by atoms with Gasteiger partial charge in [0.15, 0.2) is 5.82 Å². The van der Waals surface area contributed by atoms with Crippen LogP contribution in [0.5, 0.6) is 0 Å². The second kappa shape index (κ2) is 5.46. The van der Waals surface area contributed by atoms with Crippen LogP contribution in [0.15, 0.2) is 16.7 Å². The molecule has 0 atom stereocenters. The summed E-state index contributed by atoms with van der Waals surface area (Å²) in [5.74, 6) is 1.93. The van der Waals surface area contributed by atoms with E-state index in [1.165, 1.54) is 0 Å². The lowest BCUT2D eigenvalue weighted by molar-refractivity contribution is 0.948. The van der Waals surface area contributed by atoms with Gasteiger partial charge < -0.3 is 10.6 Å². The molecule has 3 nitrogen and oxygen atoms in total. The molecule has 0 unspecified atom stereocenters. The highest BCUT2D eigenvalue weighted by Crippen LogP contribution is 2.22. The molecule has 1 aromatic rings. The van der Waals surface area contributed by atoms with Crippen molar-refractivity contribution in [3.63, 3.8) is 0 Å². The van der Waals surface area contributed by atoms with E-state index in [-0.39, 0.29) is 0 Å². The molecular formula is C9H14BrN3S. The zero-order chi connectivity index (χ0) is 10.6. The van der Waals surface area contributed by atoms with E-state index in [1.807, 2.05) is 24.9 Å². The molecule has 0 saturated heterocycles. The topological polar surface area (TPSA) is 42.2 Å². The van der Waals surface area contributed by atoms with E-state index in [0.717, 1.165) is 22.6 Å². The zero-order valence-electron chi connectivity index (χ0n) is 8.33. The molecule has 0 aliphatic rings. The van der Waals surface area contributed by atoms with Gasteiger partial charge in [0.25, 0.3) is 0 Å². The molecule has 5 heteroatoms. The van der Waals surface area contributed by atoms with Crippen LogP contribution >= 0.6 is 27.7 Å². The van der Waals surface area contributed by atoms with Gasteiger partial charge in [-0.3, -0.25) is 0 Å². The second-order valence-corrected chi connectivity index (χ2v) is 4.88. The van der Waals surface area contributed by atoms with Gasteiger partial charge in [-0.05, 0) is 28.3 Å². The van der Waals surface area contributed by atoms with Crippen LogP contribution < -0.4 is 10.6 Å². The molecule has 0 aliphatic carbocycles. The first-order valence-electron chi connectivity index (χ1n) is 4.26. The van der Waals surface area contributed by atoms with Crippen molar-refractivity contribution in [2.45, 2.75) is 0 Å². The molecule has 0 bridgehead atoms. The first-order valence-corrected chi connectivity index (χ1v) is 6.45. The van der Waals surface area contributed by atoms with Crippen molar-refractivity contribution < 1.29 is 0 Å². The van der Waals surface area contributed by atoms with Crippen molar-refractivity contribution in [3.05, 3.63) is 16.7 Å². The number of anilines is 2. The average molecular weight is 276 g/mol. The number of rotatable bonds is 4. The predicted octanol–water partition coefficient (Wildman–Crippen LogP) is 2.23. The number of halogens is 1. The minimum Gasteiger partial charge on any atom is -0.396 e. The Morgan fingerprint density at radius 3 is 2.93 bits per heavy atom. The summed E-state index contributed by atoms with van der Waals surface area (Å²) < 4.78 is 0.914. The van der Waals surface area contributed by atoms with Gasteiger partial charge in [0.05, 0.1) is 5.69 Å². The van der Waals surface area contributed by atoms with E-state index >= 15 is 0 Å². The number of nitrogen functional groups attached to an aromatic ring is 1. The number of nitrogens with two attached hydrogens (primary N) is 1. The van der Waals surface area contributed by atoms with Crippen LogP contribution in [0.4, 0.5) is 11.5 Å². The molecule has 1 heterocycles. The molecule has 0 aromatic carbocycles. The van der Waals surface area contributed by atoms with Gasteiger partial charge in [0.1, 0.15) is 0 Å². The summed E-state index contributed by atoms with van der Waals surface area (Å²) in [4.78, 5) is 6.34. The van der Waals surface area contributed by atoms with Crippen LogP contribution in [0.3, 0.4) is 0 Å². The third-order valence-corrected chi connectivity index (χ3v) is 2.88. The first-order chi connectivity index (χ1) is 6.65. The van der Waals surface area contributed by atoms with Gasteiger partial charge in [-0.25, -0.2) is 4.98 Å². The zero-order valence-corrected chi connectivity index (χ0v) is 10.7. The van der Waals surface area contributed by atoms with Crippen molar-refractivity contribution in [2.24, 2.45) is 0 Å². The molecule has 78 valence electrons. The maximum atomic E-state index is 5.85. The fourth-order valence-electron chi connectivity index (χ4n) is 1.10. The third-order valence-electron chi connectivity index (χ3n) is 1.85. The number of thioether (sulfide) groups is 1. The fraction of sp³-hybridized carbons (Fsp3) is 0.444. The van der Waals surface area contributed by atoms with Crippen molar-refractivity contribution in [2.75, 3.05) is 36.2 Å². The van der Waals surface area contributed by atoms with Crippen molar-refractivity contribution >= 4 is 39.2 Å². The number of hydrogen-bond acceptors (Lipinski definition) is 4. The van der Waals surface area contributed by atoms with Gasteiger partial charge in [0.2, 0.25) is 0 Å². The summed E-state index contributed by atoms with van der Waals surface area (Å²) in [5.41, 5.74) is 6.56. The van der Waals surface area contributed by atoms with Gasteiger partial charge in [-0.15, -0.1) is 0 Å². The number of nitrogens with zero attached hydrogens (tertiary/aromatic N) is 2. The van der Waals surface area contributed by atoms with E-state index < -0.39 is 0 Å². The molecular weight excluding hydrogens is 262 g/mol. The van der Waals surface area contributed by atoms with Crippen LogP contribution in [0.25, 0.3) is 0 Å². The number of hydrogen-bond donors (Lipinski definition) is 1. The highest BCUT2D eigenvalue weighted by Gasteiger charge is 2.06. The molecule has 0 aliphatic heterocycles.